The molecule has 2 aromatic rings. The Hall–Kier alpha value is -3.88. The van der Waals surface area contributed by atoms with Crippen LogP contribution in [0.15, 0.2) is 41.3 Å². The smallest absolute Gasteiger partial charge is 0.323 e. The Morgan fingerprint density at radius 2 is 1.76 bits per heavy atom. The van der Waals surface area contributed by atoms with Crippen molar-refractivity contribution in [2.45, 2.75) is 109 Å². The minimum absolute atomic E-state index is 0.00181. The molecule has 0 spiro atoms. The van der Waals surface area contributed by atoms with E-state index in [0.717, 1.165) is 74.6 Å². The van der Waals surface area contributed by atoms with Crippen molar-refractivity contribution in [1.29, 1.82) is 5.53 Å². The van der Waals surface area contributed by atoms with Gasteiger partial charge in [0, 0.05) is 49.7 Å². The number of benzene rings is 1. The summed E-state index contributed by atoms with van der Waals surface area (Å²) in [6.07, 6.45) is 12.4. The standard InChI is InChI=1S/C36H59N11O3/c1-26(2)50-35(49)31(37)14-15-33(48)47-22-16-28(17-23-47)43-34-30-12-6-7-13-32(30)44-36(45-34)42-25-29(46-38)24-40-20-8-18-39-19-9-21-41-27-10-4-3-5-11-27/h6-7,12-13,24,26-28,31,38-41H,3-5,8-11,14-23,25,37H2,1-2H3,(H2,42,43,44,45)/b29-24-,46-38?/t31-/m0/s1. The van der Waals surface area contributed by atoms with E-state index in [9.17, 15) is 9.59 Å². The maximum absolute atomic E-state index is 12.8. The number of carbonyl (C=O) groups excluding carboxylic acids is 2. The summed E-state index contributed by atoms with van der Waals surface area (Å²) in [5, 5.41) is 21.9. The minimum atomic E-state index is -0.798. The number of fused-ring (bicyclic) bond motifs is 1. The van der Waals surface area contributed by atoms with Crippen molar-refractivity contribution in [2.24, 2.45) is 10.8 Å². The predicted molar refractivity (Wildman–Crippen MR) is 198 cm³/mol. The molecule has 1 saturated heterocycles. The van der Waals surface area contributed by atoms with Crippen molar-refractivity contribution in [2.75, 3.05) is 56.4 Å². The maximum Gasteiger partial charge on any atom is 0.323 e. The Labute approximate surface area is 297 Å². The Balaban J connectivity index is 1.17. The molecule has 0 unspecified atom stereocenters. The molecule has 2 heterocycles. The molecule has 4 rings (SSSR count). The number of likely N-dealkylation sites (tertiary alicyclic amines) is 1. The number of ether oxygens (including phenoxy) is 1. The van der Waals surface area contributed by atoms with E-state index in [1.807, 2.05) is 29.2 Å². The number of hydrogen-bond donors (Lipinski definition) is 7. The lowest BCUT2D eigenvalue weighted by Gasteiger charge is -2.33. The van der Waals surface area contributed by atoms with Crippen molar-refractivity contribution >= 4 is 34.5 Å². The van der Waals surface area contributed by atoms with Gasteiger partial charge in [-0.25, -0.2) is 10.5 Å². The van der Waals surface area contributed by atoms with Crippen LogP contribution in [0.2, 0.25) is 0 Å². The summed E-state index contributed by atoms with van der Waals surface area (Å²) in [6, 6.07) is 7.90. The first-order valence-corrected chi connectivity index (χ1v) is 18.6. The zero-order chi connectivity index (χ0) is 35.6. The zero-order valence-corrected chi connectivity index (χ0v) is 30.0. The molecule has 2 fully saturated rings. The van der Waals surface area contributed by atoms with E-state index < -0.39 is 12.0 Å². The molecule has 276 valence electrons. The number of para-hydroxylation sites is 1. The first kappa shape index (κ1) is 38.9. The summed E-state index contributed by atoms with van der Waals surface area (Å²) < 4.78 is 5.15. The molecular weight excluding hydrogens is 634 g/mol. The fourth-order valence-corrected chi connectivity index (χ4v) is 6.36. The quantitative estimate of drug-likeness (QED) is 0.0561. The van der Waals surface area contributed by atoms with Gasteiger partial charge >= 0.3 is 5.97 Å². The molecule has 1 aliphatic carbocycles. The largest absolute Gasteiger partial charge is 0.462 e. The highest BCUT2D eigenvalue weighted by Gasteiger charge is 2.25. The third-order valence-corrected chi connectivity index (χ3v) is 9.20. The summed E-state index contributed by atoms with van der Waals surface area (Å²) >= 11 is 0. The van der Waals surface area contributed by atoms with Crippen molar-refractivity contribution in [3.63, 3.8) is 0 Å². The highest BCUT2D eigenvalue weighted by Crippen LogP contribution is 2.25. The second-order valence-corrected chi connectivity index (χ2v) is 13.6. The molecule has 1 atom stereocenters. The van der Waals surface area contributed by atoms with E-state index >= 15 is 0 Å². The maximum atomic E-state index is 12.8. The van der Waals surface area contributed by atoms with Gasteiger partial charge in [-0.05, 0) is 90.6 Å². The molecule has 50 heavy (non-hydrogen) atoms. The lowest BCUT2D eigenvalue weighted by Crippen LogP contribution is -2.43. The lowest BCUT2D eigenvalue weighted by molar-refractivity contribution is -0.149. The van der Waals surface area contributed by atoms with Crippen LogP contribution in [-0.2, 0) is 14.3 Å². The Morgan fingerprint density at radius 3 is 2.50 bits per heavy atom. The Morgan fingerprint density at radius 1 is 1.02 bits per heavy atom. The first-order chi connectivity index (χ1) is 24.3. The monoisotopic (exact) mass is 693 g/mol. The molecule has 1 aromatic heterocycles. The number of rotatable bonds is 21. The van der Waals surface area contributed by atoms with Gasteiger partial charge in [0.25, 0.3) is 0 Å². The molecule has 1 aromatic carbocycles. The van der Waals surface area contributed by atoms with Gasteiger partial charge in [-0.2, -0.15) is 10.1 Å². The number of carbonyl (C=O) groups is 2. The van der Waals surface area contributed by atoms with E-state index in [2.05, 4.69) is 36.7 Å². The van der Waals surface area contributed by atoms with Gasteiger partial charge in [-0.3, -0.25) is 9.59 Å². The van der Waals surface area contributed by atoms with Crippen LogP contribution in [0, 0.1) is 5.53 Å². The minimum Gasteiger partial charge on any atom is -0.462 e. The van der Waals surface area contributed by atoms with Crippen LogP contribution < -0.4 is 32.3 Å². The molecule has 14 nitrogen and oxygen atoms in total. The van der Waals surface area contributed by atoms with Crippen LogP contribution >= 0.6 is 0 Å². The van der Waals surface area contributed by atoms with Crippen molar-refractivity contribution in [3.05, 3.63) is 36.2 Å². The summed E-state index contributed by atoms with van der Waals surface area (Å²) in [5.41, 5.74) is 14.9. The van der Waals surface area contributed by atoms with Crippen LogP contribution in [0.3, 0.4) is 0 Å². The van der Waals surface area contributed by atoms with E-state index in [1.54, 1.807) is 20.0 Å². The number of piperidine rings is 1. The van der Waals surface area contributed by atoms with Crippen LogP contribution in [0.5, 0.6) is 0 Å². The molecule has 2 aliphatic rings. The van der Waals surface area contributed by atoms with Crippen LogP contribution in [-0.4, -0.2) is 96.8 Å². The number of amides is 1. The number of nitrogens with one attached hydrogen (secondary N) is 6. The van der Waals surface area contributed by atoms with Gasteiger partial charge in [-0.15, -0.1) is 0 Å². The molecule has 1 amide bonds. The molecular formula is C36H59N11O3. The van der Waals surface area contributed by atoms with E-state index in [1.165, 1.54) is 32.1 Å². The number of anilines is 2. The van der Waals surface area contributed by atoms with Crippen LogP contribution in [0.4, 0.5) is 11.8 Å². The topological polar surface area (TPSA) is 195 Å². The van der Waals surface area contributed by atoms with Gasteiger partial charge < -0.3 is 42.0 Å². The molecule has 0 bridgehead atoms. The van der Waals surface area contributed by atoms with Gasteiger partial charge in [0.1, 0.15) is 11.9 Å². The van der Waals surface area contributed by atoms with Crippen molar-refractivity contribution < 1.29 is 14.3 Å². The van der Waals surface area contributed by atoms with Crippen LogP contribution in [0.25, 0.3) is 10.9 Å². The zero-order valence-electron chi connectivity index (χ0n) is 30.0. The number of nitrogens with two attached hydrogens (primary N) is 1. The molecule has 8 N–H and O–H groups in total. The summed E-state index contributed by atoms with van der Waals surface area (Å²) in [7, 11) is 0. The average molecular weight is 694 g/mol. The second-order valence-electron chi connectivity index (χ2n) is 13.6. The number of nitrogens with zero attached hydrogens (tertiary/aromatic N) is 4. The van der Waals surface area contributed by atoms with Crippen molar-refractivity contribution in [1.82, 2.24) is 30.8 Å². The van der Waals surface area contributed by atoms with Gasteiger partial charge in [-0.1, -0.05) is 31.4 Å². The SMILES string of the molecule is CC(C)OC(=O)[C@@H](N)CCC(=O)N1CCC(Nc2nc(NC/C(=C/NCCCNCCCNC3CCCCC3)N=N)nc3ccccc23)CC1. The third-order valence-electron chi connectivity index (χ3n) is 9.20. The summed E-state index contributed by atoms with van der Waals surface area (Å²) in [6.45, 7) is 8.90. The number of esters is 1. The Bertz CT molecular complexity index is 1370. The van der Waals surface area contributed by atoms with E-state index in [-0.39, 0.29) is 30.9 Å². The summed E-state index contributed by atoms with van der Waals surface area (Å²) in [5.74, 6) is 0.698. The third kappa shape index (κ3) is 13.4. The van der Waals surface area contributed by atoms with E-state index in [0.29, 0.717) is 31.3 Å². The lowest BCUT2D eigenvalue weighted by atomic mass is 9.95. The first-order valence-electron chi connectivity index (χ1n) is 18.6. The normalized spacial score (nSPS) is 16.7. The fraction of sp³-hybridized carbons (Fsp3) is 0.667. The average Bonchev–Trinajstić information content (AvgIpc) is 3.13. The van der Waals surface area contributed by atoms with Gasteiger partial charge in [0.2, 0.25) is 11.9 Å². The van der Waals surface area contributed by atoms with E-state index in [4.69, 9.17) is 21.0 Å². The van der Waals surface area contributed by atoms with Gasteiger partial charge in [0.05, 0.1) is 23.9 Å². The Kier molecular flexibility index (Phi) is 16.6. The van der Waals surface area contributed by atoms with Crippen molar-refractivity contribution in [3.8, 4) is 0 Å². The van der Waals surface area contributed by atoms with Gasteiger partial charge in [0.15, 0.2) is 0 Å². The number of aromatic nitrogens is 2. The number of hydrogen-bond acceptors (Lipinski definition) is 13. The molecule has 1 aliphatic heterocycles. The summed E-state index contributed by atoms with van der Waals surface area (Å²) in [4.78, 5) is 36.1. The predicted octanol–water partition coefficient (Wildman–Crippen LogP) is 4.26. The fourth-order valence-electron chi connectivity index (χ4n) is 6.36. The second kappa shape index (κ2) is 21.4. The molecule has 0 radical (unpaired) electrons. The molecule has 1 saturated carbocycles. The molecule has 14 heteroatoms. The van der Waals surface area contributed by atoms with Crippen LogP contribution in [0.1, 0.15) is 84.5 Å². The highest BCUT2D eigenvalue weighted by atomic mass is 16.5. The highest BCUT2D eigenvalue weighted by molar-refractivity contribution is 5.90.